The van der Waals surface area contributed by atoms with Gasteiger partial charge in [-0.15, -0.1) is 0 Å². The molecule has 3 N–H and O–H groups in total. The lowest BCUT2D eigenvalue weighted by atomic mass is 9.70. The SMILES string of the molecule is CCN(CC)c1ccc(NC(=O)[C@@H]2[C@H]3C=C[C@@H](C)[C@@H](C(=O)NC)[C@@H]3C(=O)N2CCCCO)cc1. The standard InChI is InChI=1S/C26H38N4O4/c1-5-29(6-2)19-12-10-18(11-13-19)28-25(33)23-20-14-9-17(3)21(24(32)27-4)22(20)26(34)30(23)15-7-8-16-31/h9-14,17,20-23,31H,5-8,15-16H2,1-4H3,(H,27,32)(H,28,33)/t17-,20+,21-,22-,23+/m1/s1. The number of allylic oxidation sites excluding steroid dienone is 1. The van der Waals surface area contributed by atoms with Crippen molar-refractivity contribution in [3.8, 4) is 0 Å². The van der Waals surface area contributed by atoms with Gasteiger partial charge in [0.2, 0.25) is 17.7 Å². The van der Waals surface area contributed by atoms with Crippen LogP contribution in [0.25, 0.3) is 0 Å². The van der Waals surface area contributed by atoms with Gasteiger partial charge in [0.05, 0.1) is 11.8 Å². The summed E-state index contributed by atoms with van der Waals surface area (Å²) in [7, 11) is 1.58. The summed E-state index contributed by atoms with van der Waals surface area (Å²) in [4.78, 5) is 43.6. The number of aliphatic hydroxyl groups is 1. The Morgan fingerprint density at radius 3 is 2.32 bits per heavy atom. The average Bonchev–Trinajstić information content (AvgIpc) is 3.12. The van der Waals surface area contributed by atoms with E-state index in [0.717, 1.165) is 18.8 Å². The third-order valence-corrected chi connectivity index (χ3v) is 7.16. The second-order valence-corrected chi connectivity index (χ2v) is 9.10. The Hall–Kier alpha value is -2.87. The molecule has 1 aliphatic carbocycles. The summed E-state index contributed by atoms with van der Waals surface area (Å²) in [5.41, 5.74) is 1.76. The molecule has 8 nitrogen and oxygen atoms in total. The summed E-state index contributed by atoms with van der Waals surface area (Å²) in [6.45, 7) is 8.33. The van der Waals surface area contributed by atoms with Gasteiger partial charge in [-0.3, -0.25) is 14.4 Å². The number of aliphatic hydroxyl groups excluding tert-OH is 1. The summed E-state index contributed by atoms with van der Waals surface area (Å²) < 4.78 is 0. The molecule has 8 heteroatoms. The van der Waals surface area contributed by atoms with Crippen molar-refractivity contribution in [2.45, 2.75) is 39.7 Å². The highest BCUT2D eigenvalue weighted by atomic mass is 16.3. The normalized spacial score (nSPS) is 25.7. The van der Waals surface area contributed by atoms with Crippen LogP contribution in [-0.4, -0.2) is 67.1 Å². The topological polar surface area (TPSA) is 102 Å². The van der Waals surface area contributed by atoms with E-state index in [4.69, 9.17) is 0 Å². The highest BCUT2D eigenvalue weighted by Crippen LogP contribution is 2.44. The number of nitrogens with one attached hydrogen (secondary N) is 2. The van der Waals surface area contributed by atoms with E-state index in [0.29, 0.717) is 25.1 Å². The van der Waals surface area contributed by atoms with Gasteiger partial charge in [-0.1, -0.05) is 19.1 Å². The van der Waals surface area contributed by atoms with Crippen LogP contribution in [0.5, 0.6) is 0 Å². The first-order valence-electron chi connectivity index (χ1n) is 12.3. The van der Waals surface area contributed by atoms with E-state index < -0.39 is 17.9 Å². The third kappa shape index (κ3) is 5.12. The number of amides is 3. The van der Waals surface area contributed by atoms with Crippen molar-refractivity contribution in [1.29, 1.82) is 0 Å². The molecule has 1 heterocycles. The number of benzene rings is 1. The minimum absolute atomic E-state index is 0.0302. The zero-order valence-corrected chi connectivity index (χ0v) is 20.7. The van der Waals surface area contributed by atoms with Crippen molar-refractivity contribution < 1.29 is 19.5 Å². The molecule has 1 aliphatic heterocycles. The number of anilines is 2. The van der Waals surface area contributed by atoms with Gasteiger partial charge < -0.3 is 25.5 Å². The van der Waals surface area contributed by atoms with Crippen LogP contribution in [0.2, 0.25) is 0 Å². The van der Waals surface area contributed by atoms with Crippen LogP contribution < -0.4 is 15.5 Å². The smallest absolute Gasteiger partial charge is 0.247 e. The Morgan fingerprint density at radius 2 is 1.74 bits per heavy atom. The van der Waals surface area contributed by atoms with Crippen LogP contribution in [0, 0.1) is 23.7 Å². The first-order valence-corrected chi connectivity index (χ1v) is 12.3. The minimum atomic E-state index is -0.699. The molecule has 1 fully saturated rings. The fourth-order valence-electron chi connectivity index (χ4n) is 5.35. The van der Waals surface area contributed by atoms with Gasteiger partial charge in [-0.2, -0.15) is 0 Å². The van der Waals surface area contributed by atoms with E-state index in [-0.39, 0.29) is 36.2 Å². The molecule has 0 unspecified atom stereocenters. The molecule has 3 amide bonds. The van der Waals surface area contributed by atoms with Gasteiger partial charge in [0.15, 0.2) is 0 Å². The van der Waals surface area contributed by atoms with Gasteiger partial charge >= 0.3 is 0 Å². The van der Waals surface area contributed by atoms with Crippen LogP contribution in [0.15, 0.2) is 36.4 Å². The molecule has 0 spiro atoms. The third-order valence-electron chi connectivity index (χ3n) is 7.16. The highest BCUT2D eigenvalue weighted by molar-refractivity contribution is 6.02. The molecule has 1 aromatic rings. The first kappa shape index (κ1) is 25.7. The molecule has 0 aromatic heterocycles. The predicted molar refractivity (Wildman–Crippen MR) is 133 cm³/mol. The monoisotopic (exact) mass is 470 g/mol. The van der Waals surface area contributed by atoms with Gasteiger partial charge in [-0.05, 0) is 56.9 Å². The Labute approximate surface area is 202 Å². The zero-order valence-electron chi connectivity index (χ0n) is 20.7. The second-order valence-electron chi connectivity index (χ2n) is 9.10. The van der Waals surface area contributed by atoms with Crippen LogP contribution >= 0.6 is 0 Å². The molecule has 5 atom stereocenters. The van der Waals surface area contributed by atoms with Gasteiger partial charge in [-0.25, -0.2) is 0 Å². The molecular formula is C26H38N4O4. The second kappa shape index (κ2) is 11.5. The largest absolute Gasteiger partial charge is 0.396 e. The summed E-state index contributed by atoms with van der Waals surface area (Å²) in [6.07, 6.45) is 5.02. The van der Waals surface area contributed by atoms with E-state index >= 15 is 0 Å². The molecular weight excluding hydrogens is 432 g/mol. The maximum absolute atomic E-state index is 13.5. The van der Waals surface area contributed by atoms with E-state index in [9.17, 15) is 19.5 Å². The van der Waals surface area contributed by atoms with Gasteiger partial charge in [0, 0.05) is 50.6 Å². The molecule has 2 aliphatic rings. The highest BCUT2D eigenvalue weighted by Gasteiger charge is 2.56. The zero-order chi connectivity index (χ0) is 24.8. The van der Waals surface area contributed by atoms with E-state index in [2.05, 4.69) is 29.4 Å². The van der Waals surface area contributed by atoms with Gasteiger partial charge in [0.25, 0.3) is 0 Å². The number of carbonyl (C=O) groups is 3. The number of nitrogens with zero attached hydrogens (tertiary/aromatic N) is 2. The van der Waals surface area contributed by atoms with Crippen molar-refractivity contribution in [1.82, 2.24) is 10.2 Å². The van der Waals surface area contributed by atoms with Crippen LogP contribution in [-0.2, 0) is 14.4 Å². The minimum Gasteiger partial charge on any atom is -0.396 e. The maximum Gasteiger partial charge on any atom is 0.247 e. The lowest BCUT2D eigenvalue weighted by molar-refractivity contribution is -0.140. The van der Waals surface area contributed by atoms with Crippen LogP contribution in [0.3, 0.4) is 0 Å². The Kier molecular flexibility index (Phi) is 8.72. The molecule has 3 rings (SSSR count). The summed E-state index contributed by atoms with van der Waals surface area (Å²) >= 11 is 0. The number of carbonyl (C=O) groups excluding carboxylic acids is 3. The summed E-state index contributed by atoms with van der Waals surface area (Å²) in [5.74, 6) is -2.16. The Bertz CT molecular complexity index is 897. The number of hydrogen-bond acceptors (Lipinski definition) is 5. The summed E-state index contributed by atoms with van der Waals surface area (Å²) in [5, 5.41) is 14.9. The molecule has 0 saturated carbocycles. The quantitative estimate of drug-likeness (QED) is 0.360. The average molecular weight is 471 g/mol. The Balaban J connectivity index is 1.86. The number of rotatable bonds is 10. The molecule has 34 heavy (non-hydrogen) atoms. The Morgan fingerprint density at radius 1 is 1.06 bits per heavy atom. The lowest BCUT2D eigenvalue weighted by Crippen LogP contribution is -2.45. The number of likely N-dealkylation sites (tertiary alicyclic amines) is 1. The number of fused-ring (bicyclic) bond motifs is 1. The van der Waals surface area contributed by atoms with Crippen molar-refractivity contribution in [2.75, 3.05) is 43.5 Å². The van der Waals surface area contributed by atoms with Crippen molar-refractivity contribution in [2.24, 2.45) is 23.7 Å². The molecule has 1 aromatic carbocycles. The van der Waals surface area contributed by atoms with Crippen molar-refractivity contribution >= 4 is 29.1 Å². The molecule has 0 bridgehead atoms. The maximum atomic E-state index is 13.5. The molecule has 186 valence electrons. The number of unbranched alkanes of at least 4 members (excludes halogenated alkanes) is 1. The van der Waals surface area contributed by atoms with Crippen molar-refractivity contribution in [3.63, 3.8) is 0 Å². The first-order chi connectivity index (χ1) is 16.4. The molecule has 1 saturated heterocycles. The van der Waals surface area contributed by atoms with Crippen molar-refractivity contribution in [3.05, 3.63) is 36.4 Å². The fraction of sp³-hybridized carbons (Fsp3) is 0.577. The lowest BCUT2D eigenvalue weighted by Gasteiger charge is -2.32. The fourth-order valence-corrected chi connectivity index (χ4v) is 5.35. The van der Waals surface area contributed by atoms with Crippen LogP contribution in [0.4, 0.5) is 11.4 Å². The van der Waals surface area contributed by atoms with E-state index in [1.165, 1.54) is 0 Å². The number of hydrogen-bond donors (Lipinski definition) is 3. The van der Waals surface area contributed by atoms with E-state index in [1.807, 2.05) is 43.3 Å². The van der Waals surface area contributed by atoms with E-state index in [1.54, 1.807) is 11.9 Å². The molecule has 0 radical (unpaired) electrons. The predicted octanol–water partition coefficient (Wildman–Crippen LogP) is 2.26. The van der Waals surface area contributed by atoms with Crippen LogP contribution in [0.1, 0.15) is 33.6 Å². The van der Waals surface area contributed by atoms with Gasteiger partial charge in [0.1, 0.15) is 6.04 Å². The summed E-state index contributed by atoms with van der Waals surface area (Å²) in [6, 6.07) is 7.01.